The van der Waals surface area contributed by atoms with Crippen LogP contribution in [0.4, 0.5) is 0 Å². The van der Waals surface area contributed by atoms with Crippen molar-refractivity contribution in [2.24, 2.45) is 0 Å². The zero-order chi connectivity index (χ0) is 10.7. The number of nitrogens with one attached hydrogen (secondary N) is 1. The highest BCUT2D eigenvalue weighted by molar-refractivity contribution is 6.30. The first-order chi connectivity index (χ1) is 7.24. The molecule has 0 aliphatic carbocycles. The third kappa shape index (κ3) is 3.40. The Morgan fingerprint density at radius 1 is 1.06 bits per heavy atom. The van der Waals surface area contributed by atoms with Crippen molar-refractivity contribution in [1.29, 1.82) is 5.41 Å². The standard InChI is InChI=1S/C12H11ClN2.ClH/c13-11-3-1-10(2-4-11)9-15-7-5-12(14)6-8-15;/h1-8,14H,9H2;1H. The third-order valence-corrected chi connectivity index (χ3v) is 2.42. The van der Waals surface area contributed by atoms with Gasteiger partial charge in [-0.1, -0.05) is 23.7 Å². The lowest BCUT2D eigenvalue weighted by atomic mass is 10.2. The summed E-state index contributed by atoms with van der Waals surface area (Å²) >= 11 is 5.80. The van der Waals surface area contributed by atoms with Crippen LogP contribution in [0, 0.1) is 5.41 Å². The molecule has 0 saturated heterocycles. The number of hydrogen-bond acceptors (Lipinski definition) is 1. The Balaban J connectivity index is 0.00000128. The second kappa shape index (κ2) is 5.73. The van der Waals surface area contributed by atoms with E-state index >= 15 is 0 Å². The molecule has 0 bridgehead atoms. The minimum Gasteiger partial charge on any atom is -1.00 e. The van der Waals surface area contributed by atoms with Gasteiger partial charge in [0.15, 0.2) is 0 Å². The van der Waals surface area contributed by atoms with Gasteiger partial charge in [-0.05, 0) is 29.8 Å². The van der Waals surface area contributed by atoms with Gasteiger partial charge < -0.3 is 22.4 Å². The van der Waals surface area contributed by atoms with Crippen molar-refractivity contribution in [3.05, 3.63) is 64.7 Å². The molecule has 0 saturated carbocycles. The molecule has 1 heterocycles. The van der Waals surface area contributed by atoms with Crippen molar-refractivity contribution in [2.75, 3.05) is 0 Å². The number of nitrogens with zero attached hydrogens (tertiary/aromatic N) is 1. The van der Waals surface area contributed by atoms with E-state index in [1.165, 1.54) is 5.56 Å². The normalized spacial score (nSPS) is 9.56. The van der Waals surface area contributed by atoms with Gasteiger partial charge in [0.05, 0.1) is 5.36 Å². The first-order valence-electron chi connectivity index (χ1n) is 4.69. The van der Waals surface area contributed by atoms with Crippen LogP contribution in [0.5, 0.6) is 0 Å². The van der Waals surface area contributed by atoms with Gasteiger partial charge in [-0.15, -0.1) is 0 Å². The number of aromatic nitrogens is 1. The Kier molecular flexibility index (Phi) is 4.59. The molecule has 4 heteroatoms. The lowest BCUT2D eigenvalue weighted by Gasteiger charge is -2.05. The van der Waals surface area contributed by atoms with Gasteiger partial charge in [0, 0.05) is 24.0 Å². The van der Waals surface area contributed by atoms with Crippen LogP contribution >= 0.6 is 11.6 Å². The average Bonchev–Trinajstić information content (AvgIpc) is 2.25. The lowest BCUT2D eigenvalue weighted by molar-refractivity contribution is -0.00000319. The average molecular weight is 255 g/mol. The van der Waals surface area contributed by atoms with E-state index in [2.05, 4.69) is 0 Å². The van der Waals surface area contributed by atoms with Crippen molar-refractivity contribution >= 4 is 11.6 Å². The SMILES string of the molecule is N=c1ccn(Cc2ccc(Cl)cc2)cc1.[Cl-].[H+]. The van der Waals surface area contributed by atoms with Crippen molar-refractivity contribution in [1.82, 2.24) is 4.57 Å². The highest BCUT2D eigenvalue weighted by Crippen LogP contribution is 2.10. The third-order valence-electron chi connectivity index (χ3n) is 2.17. The minimum absolute atomic E-state index is 0. The summed E-state index contributed by atoms with van der Waals surface area (Å²) in [4.78, 5) is 0. The molecule has 0 aliphatic rings. The summed E-state index contributed by atoms with van der Waals surface area (Å²) in [6.45, 7) is 0.803. The van der Waals surface area contributed by atoms with E-state index in [4.69, 9.17) is 17.0 Å². The molecular weight excluding hydrogens is 243 g/mol. The Labute approximate surface area is 107 Å². The van der Waals surface area contributed by atoms with Gasteiger partial charge in [0.1, 0.15) is 0 Å². The lowest BCUT2D eigenvalue weighted by Crippen LogP contribution is -3.00. The summed E-state index contributed by atoms with van der Waals surface area (Å²) in [6, 6.07) is 11.3. The first kappa shape index (κ1) is 12.8. The van der Waals surface area contributed by atoms with Gasteiger partial charge in [0.25, 0.3) is 0 Å². The topological polar surface area (TPSA) is 28.8 Å². The van der Waals surface area contributed by atoms with Crippen LogP contribution in [0.1, 0.15) is 6.99 Å². The van der Waals surface area contributed by atoms with Gasteiger partial charge in [-0.3, -0.25) is 0 Å². The molecule has 16 heavy (non-hydrogen) atoms. The first-order valence-corrected chi connectivity index (χ1v) is 5.07. The summed E-state index contributed by atoms with van der Waals surface area (Å²) in [5, 5.41) is 8.65. The van der Waals surface area contributed by atoms with Crippen LogP contribution < -0.4 is 17.8 Å². The molecule has 0 atom stereocenters. The molecule has 1 aromatic carbocycles. The Morgan fingerprint density at radius 3 is 2.19 bits per heavy atom. The molecule has 0 fully saturated rings. The van der Waals surface area contributed by atoms with Crippen LogP contribution in [-0.2, 0) is 6.54 Å². The van der Waals surface area contributed by atoms with Crippen molar-refractivity contribution in [3.63, 3.8) is 0 Å². The second-order valence-corrected chi connectivity index (χ2v) is 3.82. The quantitative estimate of drug-likeness (QED) is 0.769. The second-order valence-electron chi connectivity index (χ2n) is 3.39. The zero-order valence-corrected chi connectivity index (χ0v) is 10.0. The molecule has 0 spiro atoms. The fraction of sp³-hybridized carbons (Fsp3) is 0.0833. The van der Waals surface area contributed by atoms with Crippen LogP contribution in [0.3, 0.4) is 0 Å². The van der Waals surface area contributed by atoms with Crippen LogP contribution in [0.15, 0.2) is 48.8 Å². The summed E-state index contributed by atoms with van der Waals surface area (Å²) < 4.78 is 2.03. The van der Waals surface area contributed by atoms with E-state index in [9.17, 15) is 0 Å². The van der Waals surface area contributed by atoms with Crippen LogP contribution in [0.25, 0.3) is 0 Å². The number of hydrogen-bond donors (Lipinski definition) is 1. The highest BCUT2D eigenvalue weighted by atomic mass is 35.5. The van der Waals surface area contributed by atoms with Gasteiger partial charge in [-0.2, -0.15) is 0 Å². The maximum Gasteiger partial charge on any atom is 1.00 e. The van der Waals surface area contributed by atoms with E-state index in [0.29, 0.717) is 5.36 Å². The van der Waals surface area contributed by atoms with Crippen LogP contribution in [-0.4, -0.2) is 4.57 Å². The maximum absolute atomic E-state index is 7.37. The van der Waals surface area contributed by atoms with Gasteiger partial charge >= 0.3 is 1.43 Å². The molecule has 2 nitrogen and oxygen atoms in total. The monoisotopic (exact) mass is 254 g/mol. The van der Waals surface area contributed by atoms with Gasteiger partial charge in [0.2, 0.25) is 0 Å². The Morgan fingerprint density at radius 2 is 1.62 bits per heavy atom. The molecular formula is C12H12Cl2N2. The van der Waals surface area contributed by atoms with E-state index in [-0.39, 0.29) is 13.8 Å². The summed E-state index contributed by atoms with van der Waals surface area (Å²) in [6.07, 6.45) is 3.80. The predicted molar refractivity (Wildman–Crippen MR) is 62.0 cm³/mol. The largest absolute Gasteiger partial charge is 1.00 e. The molecule has 0 unspecified atom stereocenters. The molecule has 0 radical (unpaired) electrons. The Hall–Kier alpha value is -1.25. The van der Waals surface area contributed by atoms with Crippen molar-refractivity contribution < 1.29 is 13.8 Å². The fourth-order valence-corrected chi connectivity index (χ4v) is 1.49. The van der Waals surface area contributed by atoms with E-state index in [1.807, 2.05) is 41.2 Å². The summed E-state index contributed by atoms with van der Waals surface area (Å²) in [7, 11) is 0. The summed E-state index contributed by atoms with van der Waals surface area (Å²) in [5.41, 5.74) is 1.20. The van der Waals surface area contributed by atoms with Crippen molar-refractivity contribution in [2.45, 2.75) is 6.54 Å². The molecule has 0 aliphatic heterocycles. The van der Waals surface area contributed by atoms with Gasteiger partial charge in [-0.25, -0.2) is 0 Å². The number of benzene rings is 1. The molecule has 1 aromatic heterocycles. The minimum atomic E-state index is 0. The number of pyridine rings is 1. The number of halogens is 2. The molecule has 84 valence electrons. The highest BCUT2D eigenvalue weighted by Gasteiger charge is 1.93. The molecule has 2 rings (SSSR count). The van der Waals surface area contributed by atoms with E-state index < -0.39 is 0 Å². The van der Waals surface area contributed by atoms with E-state index in [1.54, 1.807) is 12.1 Å². The predicted octanol–water partition coefficient (Wildman–Crippen LogP) is -0.214. The van der Waals surface area contributed by atoms with Crippen LogP contribution in [0.2, 0.25) is 5.02 Å². The van der Waals surface area contributed by atoms with E-state index in [0.717, 1.165) is 11.6 Å². The molecule has 2 aromatic rings. The van der Waals surface area contributed by atoms with Crippen molar-refractivity contribution in [3.8, 4) is 0 Å². The Bertz CT molecular complexity index is 488. The number of rotatable bonds is 2. The summed E-state index contributed by atoms with van der Waals surface area (Å²) in [5.74, 6) is 0. The molecule has 1 N–H and O–H groups in total. The smallest absolute Gasteiger partial charge is 1.00 e. The zero-order valence-electron chi connectivity index (χ0n) is 9.53. The maximum atomic E-state index is 7.37. The fourth-order valence-electron chi connectivity index (χ4n) is 1.36. The molecule has 0 amide bonds.